The molecule has 1 saturated carbocycles. The maximum absolute atomic E-state index is 8.74. The molecule has 2 aliphatic rings. The lowest BCUT2D eigenvalue weighted by Gasteiger charge is -2.43. The summed E-state index contributed by atoms with van der Waals surface area (Å²) in [6.45, 7) is 1.12. The first kappa shape index (κ1) is 18.4. The summed E-state index contributed by atoms with van der Waals surface area (Å²) in [6.07, 6.45) is 10.2. The molecule has 3 rings (SSSR count). The number of nitrogens with one attached hydrogen (secondary N) is 1. The van der Waals surface area contributed by atoms with E-state index in [-0.39, 0.29) is 5.54 Å². The van der Waals surface area contributed by atoms with Crippen molar-refractivity contribution in [2.45, 2.75) is 44.1 Å². The van der Waals surface area contributed by atoms with Crippen molar-refractivity contribution in [3.05, 3.63) is 40.9 Å². The maximum atomic E-state index is 8.74. The molecule has 1 aliphatic carbocycles. The second-order valence-corrected chi connectivity index (χ2v) is 7.26. The van der Waals surface area contributed by atoms with Gasteiger partial charge < -0.3 is 5.32 Å². The first-order valence-electron chi connectivity index (χ1n) is 7.72. The van der Waals surface area contributed by atoms with Crippen molar-refractivity contribution < 1.29 is 17.5 Å². The van der Waals surface area contributed by atoms with Crippen LogP contribution < -0.4 is 5.32 Å². The normalized spacial score (nSPS) is 20.4. The zero-order valence-corrected chi connectivity index (χ0v) is 14.4. The summed E-state index contributed by atoms with van der Waals surface area (Å²) in [6, 6.07) is 8.33. The fourth-order valence-corrected chi connectivity index (χ4v) is 3.57. The van der Waals surface area contributed by atoms with Gasteiger partial charge in [0.1, 0.15) is 0 Å². The van der Waals surface area contributed by atoms with Gasteiger partial charge in [-0.15, -0.1) is 0 Å². The summed E-state index contributed by atoms with van der Waals surface area (Å²) in [5.74, 6) is 0. The Kier molecular flexibility index (Phi) is 6.22. The molecule has 7 heteroatoms. The number of hydrogen-bond donors (Lipinski definition) is 3. The van der Waals surface area contributed by atoms with Gasteiger partial charge >= 0.3 is 10.4 Å². The topological polar surface area (TPSA) is 86.6 Å². The van der Waals surface area contributed by atoms with Crippen LogP contribution >= 0.6 is 11.6 Å². The van der Waals surface area contributed by atoms with Crippen molar-refractivity contribution in [3.8, 4) is 0 Å². The van der Waals surface area contributed by atoms with Crippen molar-refractivity contribution >= 4 is 27.6 Å². The Morgan fingerprint density at radius 2 is 1.61 bits per heavy atom. The zero-order valence-electron chi connectivity index (χ0n) is 12.8. The molecule has 1 spiro atoms. The van der Waals surface area contributed by atoms with Gasteiger partial charge in [-0.1, -0.05) is 49.1 Å². The average molecular weight is 360 g/mol. The molecule has 0 unspecified atom stereocenters. The lowest BCUT2D eigenvalue weighted by Crippen LogP contribution is -2.49. The summed E-state index contributed by atoms with van der Waals surface area (Å²) < 4.78 is 31.6. The fraction of sp³-hybridized carbons (Fsp3) is 0.500. The molecule has 128 valence electrons. The Morgan fingerprint density at radius 3 is 2.17 bits per heavy atom. The van der Waals surface area contributed by atoms with Crippen LogP contribution in [0.2, 0.25) is 5.02 Å². The molecule has 0 radical (unpaired) electrons. The van der Waals surface area contributed by atoms with E-state index in [9.17, 15) is 0 Å². The average Bonchev–Trinajstić information content (AvgIpc) is 2.48. The van der Waals surface area contributed by atoms with Gasteiger partial charge in [0.25, 0.3) is 0 Å². The van der Waals surface area contributed by atoms with Gasteiger partial charge in [0, 0.05) is 10.6 Å². The van der Waals surface area contributed by atoms with Gasteiger partial charge in [-0.2, -0.15) is 8.42 Å². The molecule has 1 aliphatic heterocycles. The lowest BCUT2D eigenvalue weighted by atomic mass is 9.72. The minimum Gasteiger partial charge on any atom is -0.307 e. The Labute approximate surface area is 142 Å². The first-order chi connectivity index (χ1) is 10.8. The summed E-state index contributed by atoms with van der Waals surface area (Å²) in [4.78, 5) is 0. The van der Waals surface area contributed by atoms with Crippen LogP contribution in [0.15, 0.2) is 30.3 Å². The molecule has 1 fully saturated rings. The zero-order chi connectivity index (χ0) is 16.9. The highest BCUT2D eigenvalue weighted by atomic mass is 35.5. The van der Waals surface area contributed by atoms with E-state index in [1.165, 1.54) is 43.2 Å². The predicted molar refractivity (Wildman–Crippen MR) is 92.0 cm³/mol. The Hall–Kier alpha value is -0.920. The second kappa shape index (κ2) is 7.77. The molecule has 23 heavy (non-hydrogen) atoms. The molecule has 1 aromatic rings. The SMILES string of the molecule is Clc1ccc(C2=CCCNC23CCCCC3)cc1.O=S(=O)(O)O. The van der Waals surface area contributed by atoms with Gasteiger partial charge in [0.05, 0.1) is 0 Å². The molecule has 0 bridgehead atoms. The summed E-state index contributed by atoms with van der Waals surface area (Å²) >= 11 is 5.99. The van der Waals surface area contributed by atoms with Crippen LogP contribution in [0, 0.1) is 0 Å². The van der Waals surface area contributed by atoms with Gasteiger partial charge in [-0.3, -0.25) is 9.11 Å². The number of benzene rings is 1. The molecule has 0 atom stereocenters. The molecule has 0 saturated heterocycles. The van der Waals surface area contributed by atoms with Gasteiger partial charge in [0.2, 0.25) is 0 Å². The van der Waals surface area contributed by atoms with Gasteiger partial charge in [0.15, 0.2) is 0 Å². The quantitative estimate of drug-likeness (QED) is 0.664. The van der Waals surface area contributed by atoms with Crippen LogP contribution in [0.5, 0.6) is 0 Å². The minimum absolute atomic E-state index is 0.240. The highest BCUT2D eigenvalue weighted by Gasteiger charge is 2.37. The van der Waals surface area contributed by atoms with E-state index in [0.717, 1.165) is 18.0 Å². The van der Waals surface area contributed by atoms with E-state index >= 15 is 0 Å². The van der Waals surface area contributed by atoms with E-state index in [2.05, 4.69) is 23.5 Å². The Morgan fingerprint density at radius 1 is 1.04 bits per heavy atom. The molecule has 5 nitrogen and oxygen atoms in total. The fourth-order valence-electron chi connectivity index (χ4n) is 3.44. The van der Waals surface area contributed by atoms with Gasteiger partial charge in [-0.25, -0.2) is 0 Å². The van der Waals surface area contributed by atoms with E-state index in [1.54, 1.807) is 0 Å². The molecule has 0 amide bonds. The third-order valence-corrected chi connectivity index (χ3v) is 4.59. The van der Waals surface area contributed by atoms with Crippen molar-refractivity contribution in [1.29, 1.82) is 0 Å². The van der Waals surface area contributed by atoms with E-state index in [0.29, 0.717) is 0 Å². The van der Waals surface area contributed by atoms with Crippen LogP contribution in [0.3, 0.4) is 0 Å². The van der Waals surface area contributed by atoms with Crippen LogP contribution in [0.25, 0.3) is 5.57 Å². The molecule has 0 aromatic heterocycles. The van der Waals surface area contributed by atoms with Crippen molar-refractivity contribution in [1.82, 2.24) is 5.32 Å². The van der Waals surface area contributed by atoms with Crippen molar-refractivity contribution in [2.24, 2.45) is 0 Å². The summed E-state index contributed by atoms with van der Waals surface area (Å²) in [5.41, 5.74) is 3.09. The molecule has 1 heterocycles. The number of hydrogen-bond acceptors (Lipinski definition) is 3. The summed E-state index contributed by atoms with van der Waals surface area (Å²) in [5, 5.41) is 4.62. The third-order valence-electron chi connectivity index (χ3n) is 4.33. The lowest BCUT2D eigenvalue weighted by molar-refractivity contribution is 0.295. The first-order valence-corrected chi connectivity index (χ1v) is 9.49. The highest BCUT2D eigenvalue weighted by Crippen LogP contribution is 2.41. The van der Waals surface area contributed by atoms with Crippen LogP contribution in [0.1, 0.15) is 44.1 Å². The van der Waals surface area contributed by atoms with E-state index < -0.39 is 10.4 Å². The Bertz CT molecular complexity index is 641. The summed E-state index contributed by atoms with van der Waals surface area (Å²) in [7, 11) is -4.67. The van der Waals surface area contributed by atoms with Crippen LogP contribution in [-0.4, -0.2) is 29.6 Å². The largest absolute Gasteiger partial charge is 0.394 e. The van der Waals surface area contributed by atoms with Crippen LogP contribution in [-0.2, 0) is 10.4 Å². The smallest absolute Gasteiger partial charge is 0.307 e. The maximum Gasteiger partial charge on any atom is 0.394 e. The standard InChI is InChI=1S/C16H20ClN.H2O4S/c17-14-8-6-13(7-9-14)15-5-4-12-18-16(15)10-2-1-3-11-16;1-5(2,3)4/h5-9,18H,1-4,10-12H2;(H2,1,2,3,4). The van der Waals surface area contributed by atoms with Crippen molar-refractivity contribution in [3.63, 3.8) is 0 Å². The van der Waals surface area contributed by atoms with Crippen molar-refractivity contribution in [2.75, 3.05) is 6.54 Å². The Balaban J connectivity index is 0.000000338. The second-order valence-electron chi connectivity index (χ2n) is 5.93. The van der Waals surface area contributed by atoms with E-state index in [1.807, 2.05) is 12.1 Å². The highest BCUT2D eigenvalue weighted by molar-refractivity contribution is 7.79. The van der Waals surface area contributed by atoms with Gasteiger partial charge in [-0.05, 0) is 49.1 Å². The molecular weight excluding hydrogens is 338 g/mol. The third kappa shape index (κ3) is 5.58. The molecule has 3 N–H and O–H groups in total. The number of halogens is 1. The molecule has 1 aromatic carbocycles. The predicted octanol–water partition coefficient (Wildman–Crippen LogP) is 3.77. The molecular formula is C16H22ClNO4S. The minimum atomic E-state index is -4.67. The monoisotopic (exact) mass is 359 g/mol. The van der Waals surface area contributed by atoms with Crippen LogP contribution in [0.4, 0.5) is 0 Å². The van der Waals surface area contributed by atoms with E-state index in [4.69, 9.17) is 29.1 Å². The number of rotatable bonds is 1.